The molecular weight excluding hydrogens is 472 g/mol. The largest absolute Gasteiger partial charge is 0.235 e. The van der Waals surface area contributed by atoms with Gasteiger partial charge in [-0.1, -0.05) is 109 Å². The van der Waals surface area contributed by atoms with E-state index in [0.717, 1.165) is 43.6 Å². The lowest BCUT2D eigenvalue weighted by atomic mass is 10.1. The molecule has 2 aromatic heterocycles. The summed E-state index contributed by atoms with van der Waals surface area (Å²) >= 11 is 1.72. The molecule has 0 spiro atoms. The Labute approximate surface area is 218 Å². The summed E-state index contributed by atoms with van der Waals surface area (Å²) in [5.74, 6) is 1.97. The molecule has 4 nitrogen and oxygen atoms in total. The molecule has 0 radical (unpaired) electrons. The first kappa shape index (κ1) is 21.5. The summed E-state index contributed by atoms with van der Waals surface area (Å²) in [5.41, 5.74) is 5.03. The number of benzene rings is 5. The van der Waals surface area contributed by atoms with Gasteiger partial charge in [-0.05, 0) is 17.5 Å². The fraction of sp³-hybridized carbons (Fsp3) is 0. The Bertz CT molecular complexity index is 1810. The Morgan fingerprint density at radius 1 is 0.432 bits per heavy atom. The fourth-order valence-electron chi connectivity index (χ4n) is 4.50. The van der Waals surface area contributed by atoms with Gasteiger partial charge in [-0.2, -0.15) is 0 Å². The van der Waals surface area contributed by atoms with Crippen LogP contribution in [0.3, 0.4) is 0 Å². The highest BCUT2D eigenvalue weighted by Gasteiger charge is 2.14. The second kappa shape index (κ2) is 9.04. The van der Waals surface area contributed by atoms with Crippen molar-refractivity contribution in [1.82, 2.24) is 19.9 Å². The van der Waals surface area contributed by atoms with Gasteiger partial charge in [-0.3, -0.25) is 0 Å². The molecule has 5 heteroatoms. The highest BCUT2D eigenvalue weighted by Crippen LogP contribution is 2.35. The SMILES string of the molecule is c1ccc(-c2nc(-c3ccccc3)nc(-c3ccc4c(ccc5sc(-c6ccccc6)nc54)c3)n2)cc1. The van der Waals surface area contributed by atoms with Crippen LogP contribution in [-0.2, 0) is 0 Å². The Morgan fingerprint density at radius 3 is 1.57 bits per heavy atom. The molecule has 7 rings (SSSR count). The zero-order chi connectivity index (χ0) is 24.6. The lowest BCUT2D eigenvalue weighted by molar-refractivity contribution is 1.07. The Morgan fingerprint density at radius 2 is 0.973 bits per heavy atom. The number of aromatic nitrogens is 4. The van der Waals surface area contributed by atoms with E-state index in [1.807, 2.05) is 78.9 Å². The summed E-state index contributed by atoms with van der Waals surface area (Å²) in [6, 6.07) is 41.1. The number of hydrogen-bond acceptors (Lipinski definition) is 5. The predicted octanol–water partition coefficient (Wildman–Crippen LogP) is 8.30. The van der Waals surface area contributed by atoms with Gasteiger partial charge in [0.2, 0.25) is 0 Å². The van der Waals surface area contributed by atoms with Gasteiger partial charge in [0.15, 0.2) is 17.5 Å². The molecule has 174 valence electrons. The summed E-state index contributed by atoms with van der Waals surface area (Å²) in [7, 11) is 0. The minimum absolute atomic E-state index is 0.651. The van der Waals surface area contributed by atoms with Crippen LogP contribution in [0.1, 0.15) is 0 Å². The van der Waals surface area contributed by atoms with Crippen LogP contribution in [0, 0.1) is 0 Å². The third-order valence-corrected chi connectivity index (χ3v) is 7.42. The minimum Gasteiger partial charge on any atom is -0.235 e. The van der Waals surface area contributed by atoms with Crippen molar-refractivity contribution < 1.29 is 0 Å². The van der Waals surface area contributed by atoms with Gasteiger partial charge < -0.3 is 0 Å². The molecule has 0 fully saturated rings. The van der Waals surface area contributed by atoms with Gasteiger partial charge in [-0.15, -0.1) is 11.3 Å². The zero-order valence-corrected chi connectivity index (χ0v) is 20.6. The maximum Gasteiger partial charge on any atom is 0.164 e. The first-order valence-electron chi connectivity index (χ1n) is 12.1. The van der Waals surface area contributed by atoms with Gasteiger partial charge in [0.1, 0.15) is 5.01 Å². The lowest BCUT2D eigenvalue weighted by Gasteiger charge is -2.09. The van der Waals surface area contributed by atoms with Crippen LogP contribution < -0.4 is 0 Å². The highest BCUT2D eigenvalue weighted by atomic mass is 32.1. The number of rotatable bonds is 4. The van der Waals surface area contributed by atoms with Gasteiger partial charge in [0, 0.05) is 27.6 Å². The lowest BCUT2D eigenvalue weighted by Crippen LogP contribution is -2.00. The summed E-state index contributed by atoms with van der Waals surface area (Å²) in [4.78, 5) is 19.6. The van der Waals surface area contributed by atoms with Crippen LogP contribution >= 0.6 is 11.3 Å². The molecule has 0 atom stereocenters. The first-order valence-corrected chi connectivity index (χ1v) is 12.9. The third-order valence-electron chi connectivity index (χ3n) is 6.35. The zero-order valence-electron chi connectivity index (χ0n) is 19.7. The molecular formula is C32H20N4S. The quantitative estimate of drug-likeness (QED) is 0.248. The average Bonchev–Trinajstić information content (AvgIpc) is 3.43. The number of nitrogens with zero attached hydrogens (tertiary/aromatic N) is 4. The van der Waals surface area contributed by atoms with Crippen molar-refractivity contribution in [1.29, 1.82) is 0 Å². The molecule has 0 saturated carbocycles. The Hall–Kier alpha value is -4.74. The van der Waals surface area contributed by atoms with Crippen molar-refractivity contribution in [2.45, 2.75) is 0 Å². The molecule has 37 heavy (non-hydrogen) atoms. The van der Waals surface area contributed by atoms with Gasteiger partial charge in [0.05, 0.1) is 10.2 Å². The molecule has 0 amide bonds. The van der Waals surface area contributed by atoms with Crippen molar-refractivity contribution in [3.8, 4) is 44.7 Å². The van der Waals surface area contributed by atoms with Crippen LogP contribution in [0.25, 0.3) is 65.7 Å². The fourth-order valence-corrected chi connectivity index (χ4v) is 5.49. The second-order valence-corrected chi connectivity index (χ2v) is 9.80. The van der Waals surface area contributed by atoms with Gasteiger partial charge in [-0.25, -0.2) is 19.9 Å². The van der Waals surface area contributed by atoms with Gasteiger partial charge >= 0.3 is 0 Å². The molecule has 0 aliphatic rings. The van der Waals surface area contributed by atoms with E-state index in [0.29, 0.717) is 17.5 Å². The van der Waals surface area contributed by atoms with E-state index in [2.05, 4.69) is 42.5 Å². The standard InChI is InChI=1S/C32H20N4S/c1-4-10-21(11-5-1)29-34-30(22-12-6-2-7-13-22)36-31(35-29)25-16-18-26-24(20-25)17-19-27-28(26)33-32(37-27)23-14-8-3-9-15-23/h1-20H. The maximum absolute atomic E-state index is 5.00. The van der Waals surface area contributed by atoms with E-state index in [1.54, 1.807) is 11.3 Å². The van der Waals surface area contributed by atoms with Crippen molar-refractivity contribution >= 4 is 32.3 Å². The van der Waals surface area contributed by atoms with E-state index in [9.17, 15) is 0 Å². The van der Waals surface area contributed by atoms with Crippen LogP contribution in [0.5, 0.6) is 0 Å². The average molecular weight is 493 g/mol. The summed E-state index contributed by atoms with van der Waals surface area (Å²) < 4.78 is 1.18. The van der Waals surface area contributed by atoms with Crippen LogP contribution in [-0.4, -0.2) is 19.9 Å². The summed E-state index contributed by atoms with van der Waals surface area (Å²) in [6.45, 7) is 0. The van der Waals surface area contributed by atoms with E-state index in [4.69, 9.17) is 19.9 Å². The third kappa shape index (κ3) is 4.05. The van der Waals surface area contributed by atoms with Crippen molar-refractivity contribution in [3.63, 3.8) is 0 Å². The smallest absolute Gasteiger partial charge is 0.164 e. The molecule has 2 heterocycles. The van der Waals surface area contributed by atoms with Crippen molar-refractivity contribution in [2.24, 2.45) is 0 Å². The molecule has 0 unspecified atom stereocenters. The number of thiazole rings is 1. The monoisotopic (exact) mass is 492 g/mol. The van der Waals surface area contributed by atoms with Crippen molar-refractivity contribution in [2.75, 3.05) is 0 Å². The molecule has 0 N–H and O–H groups in total. The predicted molar refractivity (Wildman–Crippen MR) is 152 cm³/mol. The van der Waals surface area contributed by atoms with E-state index < -0.39 is 0 Å². The van der Waals surface area contributed by atoms with Crippen LogP contribution in [0.2, 0.25) is 0 Å². The van der Waals surface area contributed by atoms with Crippen molar-refractivity contribution in [3.05, 3.63) is 121 Å². The molecule has 0 saturated heterocycles. The van der Waals surface area contributed by atoms with Gasteiger partial charge in [0.25, 0.3) is 0 Å². The minimum atomic E-state index is 0.651. The highest BCUT2D eigenvalue weighted by molar-refractivity contribution is 7.21. The normalized spacial score (nSPS) is 11.2. The molecule has 5 aromatic carbocycles. The van der Waals surface area contributed by atoms with E-state index >= 15 is 0 Å². The molecule has 0 aliphatic heterocycles. The molecule has 0 aliphatic carbocycles. The summed E-state index contributed by atoms with van der Waals surface area (Å²) in [6.07, 6.45) is 0. The first-order chi connectivity index (χ1) is 18.3. The van der Waals surface area contributed by atoms with E-state index in [1.165, 1.54) is 4.70 Å². The molecule has 7 aromatic rings. The number of fused-ring (bicyclic) bond motifs is 3. The number of hydrogen-bond donors (Lipinski definition) is 0. The maximum atomic E-state index is 5.00. The second-order valence-electron chi connectivity index (χ2n) is 8.77. The Kier molecular flexibility index (Phi) is 5.26. The van der Waals surface area contributed by atoms with Crippen LogP contribution in [0.15, 0.2) is 121 Å². The van der Waals surface area contributed by atoms with Crippen LogP contribution in [0.4, 0.5) is 0 Å². The topological polar surface area (TPSA) is 51.6 Å². The summed E-state index contributed by atoms with van der Waals surface area (Å²) in [5, 5.41) is 3.27. The molecule has 0 bridgehead atoms. The Balaban J connectivity index is 1.37. The van der Waals surface area contributed by atoms with E-state index in [-0.39, 0.29) is 0 Å².